The molecule has 1 unspecified atom stereocenters. The van der Waals surface area contributed by atoms with Gasteiger partial charge in [0.1, 0.15) is 11.8 Å². The van der Waals surface area contributed by atoms with Gasteiger partial charge in [-0.25, -0.2) is 13.9 Å². The van der Waals surface area contributed by atoms with Crippen LogP contribution >= 0.6 is 0 Å². The van der Waals surface area contributed by atoms with E-state index in [-0.39, 0.29) is 31.0 Å². The molecule has 0 spiro atoms. The molecule has 166 valence electrons. The Balaban J connectivity index is 1.39. The SMILES string of the molecule is CC(=O)NCC1CN(c2ccc(-n3cc(CO[C@H]4CCCCO4)cn3)c(F)c2)C(=O)O1. The second-order valence-electron chi connectivity index (χ2n) is 7.59. The molecule has 0 radical (unpaired) electrons. The minimum absolute atomic E-state index is 0.206. The summed E-state index contributed by atoms with van der Waals surface area (Å²) in [4.78, 5) is 24.5. The molecule has 4 rings (SSSR count). The number of halogens is 1. The van der Waals surface area contributed by atoms with E-state index in [1.165, 1.54) is 22.6 Å². The predicted molar refractivity (Wildman–Crippen MR) is 108 cm³/mol. The molecule has 2 aromatic rings. The Kier molecular flexibility index (Phi) is 6.47. The lowest BCUT2D eigenvalue weighted by Gasteiger charge is -2.22. The van der Waals surface area contributed by atoms with Gasteiger partial charge in [0.2, 0.25) is 5.91 Å². The van der Waals surface area contributed by atoms with E-state index in [4.69, 9.17) is 14.2 Å². The van der Waals surface area contributed by atoms with Crippen molar-refractivity contribution in [1.82, 2.24) is 15.1 Å². The van der Waals surface area contributed by atoms with Gasteiger partial charge in [-0.15, -0.1) is 0 Å². The molecule has 31 heavy (non-hydrogen) atoms. The molecule has 2 atom stereocenters. The summed E-state index contributed by atoms with van der Waals surface area (Å²) in [7, 11) is 0. The predicted octanol–water partition coefficient (Wildman–Crippen LogP) is 2.52. The van der Waals surface area contributed by atoms with Crippen LogP contribution in [0.15, 0.2) is 30.6 Å². The van der Waals surface area contributed by atoms with Crippen molar-refractivity contribution in [3.8, 4) is 5.69 Å². The minimum atomic E-state index is -0.578. The number of ether oxygens (including phenoxy) is 3. The molecule has 1 aromatic heterocycles. The van der Waals surface area contributed by atoms with Crippen molar-refractivity contribution in [2.45, 2.75) is 45.2 Å². The second-order valence-corrected chi connectivity index (χ2v) is 7.59. The quantitative estimate of drug-likeness (QED) is 0.723. The van der Waals surface area contributed by atoms with Crippen LogP contribution in [-0.2, 0) is 25.6 Å². The van der Waals surface area contributed by atoms with Crippen LogP contribution in [0.3, 0.4) is 0 Å². The third-order valence-electron chi connectivity index (χ3n) is 5.15. The molecular formula is C21H25FN4O5. The number of anilines is 1. The van der Waals surface area contributed by atoms with Gasteiger partial charge in [0.25, 0.3) is 0 Å². The van der Waals surface area contributed by atoms with E-state index in [9.17, 15) is 14.0 Å². The molecule has 2 amide bonds. The number of carbonyl (C=O) groups is 2. The summed E-state index contributed by atoms with van der Waals surface area (Å²) in [5.41, 5.74) is 1.44. The number of hydrogen-bond acceptors (Lipinski definition) is 6. The van der Waals surface area contributed by atoms with Crippen molar-refractivity contribution in [3.05, 3.63) is 42.0 Å². The molecule has 0 aliphatic carbocycles. The Morgan fingerprint density at radius 3 is 3.00 bits per heavy atom. The van der Waals surface area contributed by atoms with E-state index in [1.54, 1.807) is 24.5 Å². The van der Waals surface area contributed by atoms with Gasteiger partial charge in [0.05, 0.1) is 31.6 Å². The molecular weight excluding hydrogens is 407 g/mol. The maximum absolute atomic E-state index is 14.8. The first-order valence-electron chi connectivity index (χ1n) is 10.3. The lowest BCUT2D eigenvalue weighted by Crippen LogP contribution is -2.33. The van der Waals surface area contributed by atoms with Crippen LogP contribution in [0.2, 0.25) is 0 Å². The maximum Gasteiger partial charge on any atom is 0.414 e. The van der Waals surface area contributed by atoms with Crippen molar-refractivity contribution in [2.24, 2.45) is 0 Å². The van der Waals surface area contributed by atoms with Crippen LogP contribution in [0, 0.1) is 5.82 Å². The zero-order valence-electron chi connectivity index (χ0n) is 17.3. The van der Waals surface area contributed by atoms with Gasteiger partial charge < -0.3 is 19.5 Å². The standard InChI is InChI=1S/C21H25FN4O5/c1-14(27)23-10-17-12-25(21(28)31-17)16-5-6-19(18(22)8-16)26-11-15(9-24-26)13-30-20-4-2-3-7-29-20/h5-6,8-9,11,17,20H,2-4,7,10,12-13H2,1H3,(H,23,27)/t17?,20-/m0/s1. The number of amides is 2. The normalized spacial score (nSPS) is 21.2. The van der Waals surface area contributed by atoms with E-state index in [1.807, 2.05) is 0 Å². The summed E-state index contributed by atoms with van der Waals surface area (Å²) in [6.07, 6.45) is 5.07. The Labute approximate surface area is 179 Å². The summed E-state index contributed by atoms with van der Waals surface area (Å²) in [5.74, 6) is -0.734. The minimum Gasteiger partial charge on any atom is -0.442 e. The number of nitrogens with zero attached hydrogens (tertiary/aromatic N) is 3. The number of nitrogens with one attached hydrogen (secondary N) is 1. The molecule has 1 N–H and O–H groups in total. The zero-order chi connectivity index (χ0) is 21.8. The third-order valence-corrected chi connectivity index (χ3v) is 5.15. The molecule has 2 fully saturated rings. The number of aromatic nitrogens is 2. The van der Waals surface area contributed by atoms with Crippen LogP contribution in [0.5, 0.6) is 0 Å². The molecule has 0 bridgehead atoms. The first-order chi connectivity index (χ1) is 15.0. The van der Waals surface area contributed by atoms with Crippen molar-refractivity contribution in [1.29, 1.82) is 0 Å². The fraction of sp³-hybridized carbons (Fsp3) is 0.476. The van der Waals surface area contributed by atoms with Crippen LogP contribution in [0.1, 0.15) is 31.7 Å². The first kappa shape index (κ1) is 21.3. The van der Waals surface area contributed by atoms with Gasteiger partial charge in [-0.2, -0.15) is 5.10 Å². The molecule has 10 heteroatoms. The second kappa shape index (κ2) is 9.44. The van der Waals surface area contributed by atoms with Crippen molar-refractivity contribution < 1.29 is 28.2 Å². The Bertz CT molecular complexity index is 944. The summed E-state index contributed by atoms with van der Waals surface area (Å²) < 4.78 is 32.7. The maximum atomic E-state index is 14.8. The highest BCUT2D eigenvalue weighted by Crippen LogP contribution is 2.25. The summed E-state index contributed by atoms with van der Waals surface area (Å²) in [6.45, 7) is 2.87. The van der Waals surface area contributed by atoms with Gasteiger partial charge >= 0.3 is 6.09 Å². The topological polar surface area (TPSA) is 94.9 Å². The fourth-order valence-corrected chi connectivity index (χ4v) is 3.54. The van der Waals surface area contributed by atoms with E-state index < -0.39 is 18.0 Å². The third kappa shape index (κ3) is 5.20. The zero-order valence-corrected chi connectivity index (χ0v) is 17.3. The smallest absolute Gasteiger partial charge is 0.414 e. The molecule has 2 aliphatic heterocycles. The van der Waals surface area contributed by atoms with E-state index in [0.717, 1.165) is 24.8 Å². The number of hydrogen-bond donors (Lipinski definition) is 1. The monoisotopic (exact) mass is 432 g/mol. The molecule has 1 aromatic carbocycles. The van der Waals surface area contributed by atoms with Crippen molar-refractivity contribution >= 4 is 17.7 Å². The van der Waals surface area contributed by atoms with Crippen LogP contribution in [0.4, 0.5) is 14.9 Å². The van der Waals surface area contributed by atoms with Gasteiger partial charge in [-0.3, -0.25) is 9.69 Å². The Morgan fingerprint density at radius 2 is 2.26 bits per heavy atom. The van der Waals surface area contributed by atoms with E-state index in [0.29, 0.717) is 18.9 Å². The molecule has 2 saturated heterocycles. The molecule has 9 nitrogen and oxygen atoms in total. The van der Waals surface area contributed by atoms with Gasteiger partial charge in [0, 0.05) is 25.3 Å². The number of benzene rings is 1. The first-order valence-corrected chi connectivity index (χ1v) is 10.3. The van der Waals surface area contributed by atoms with E-state index >= 15 is 0 Å². The van der Waals surface area contributed by atoms with Crippen LogP contribution < -0.4 is 10.2 Å². The van der Waals surface area contributed by atoms with Gasteiger partial charge in [-0.05, 0) is 37.5 Å². The summed E-state index contributed by atoms with van der Waals surface area (Å²) in [5, 5.41) is 6.83. The van der Waals surface area contributed by atoms with E-state index in [2.05, 4.69) is 10.4 Å². The average Bonchev–Trinajstić information content (AvgIpc) is 3.38. The van der Waals surface area contributed by atoms with Crippen LogP contribution in [0.25, 0.3) is 5.69 Å². The highest BCUT2D eigenvalue weighted by atomic mass is 19.1. The molecule has 2 aliphatic rings. The average molecular weight is 432 g/mol. The number of rotatable bonds is 7. The summed E-state index contributed by atoms with van der Waals surface area (Å²) >= 11 is 0. The van der Waals surface area contributed by atoms with Crippen LogP contribution in [-0.4, -0.2) is 53.9 Å². The highest BCUT2D eigenvalue weighted by Gasteiger charge is 2.32. The number of cyclic esters (lactones) is 1. The lowest BCUT2D eigenvalue weighted by molar-refractivity contribution is -0.168. The highest BCUT2D eigenvalue weighted by molar-refractivity contribution is 5.90. The van der Waals surface area contributed by atoms with Crippen molar-refractivity contribution in [2.75, 3.05) is 24.6 Å². The Morgan fingerprint density at radius 1 is 1.39 bits per heavy atom. The Hall–Kier alpha value is -2.98. The molecule has 0 saturated carbocycles. The largest absolute Gasteiger partial charge is 0.442 e. The van der Waals surface area contributed by atoms with Gasteiger partial charge in [-0.1, -0.05) is 0 Å². The van der Waals surface area contributed by atoms with Crippen molar-refractivity contribution in [3.63, 3.8) is 0 Å². The van der Waals surface area contributed by atoms with Gasteiger partial charge in [0.15, 0.2) is 12.1 Å². The fourth-order valence-electron chi connectivity index (χ4n) is 3.54. The number of carbonyl (C=O) groups excluding carboxylic acids is 2. The lowest BCUT2D eigenvalue weighted by atomic mass is 10.2. The molecule has 3 heterocycles. The summed E-state index contributed by atoms with van der Waals surface area (Å²) in [6, 6.07) is 4.46.